The molecule has 0 saturated carbocycles. The van der Waals surface area contributed by atoms with E-state index in [0.717, 1.165) is 0 Å². The Kier molecular flexibility index (Phi) is 3.14. The highest BCUT2D eigenvalue weighted by atomic mass is 35.5. The van der Waals surface area contributed by atoms with Crippen molar-refractivity contribution in [2.75, 3.05) is 6.98 Å². The van der Waals surface area contributed by atoms with Gasteiger partial charge in [-0.05, 0) is 5.56 Å². The van der Waals surface area contributed by atoms with Gasteiger partial charge in [0.25, 0.3) is 0 Å². The first-order valence-electron chi connectivity index (χ1n) is 5.73. The van der Waals surface area contributed by atoms with Gasteiger partial charge in [0.05, 0.1) is 0 Å². The van der Waals surface area contributed by atoms with Crippen molar-refractivity contribution in [1.29, 1.82) is 0 Å². The van der Waals surface area contributed by atoms with Crippen molar-refractivity contribution in [1.82, 2.24) is 5.32 Å². The molecule has 0 unspecified atom stereocenters. The molecular weight excluding hydrogens is 232 g/mol. The maximum Gasteiger partial charge on any atom is 0.407 e. The minimum Gasteiger partial charge on any atom is -0.445 e. The lowest BCUT2D eigenvalue weighted by Gasteiger charge is -2.04. The number of hydrogen-bond donors (Lipinski definition) is 2. The number of oxime groups is 1. The van der Waals surface area contributed by atoms with E-state index in [1.165, 1.54) is 0 Å². The van der Waals surface area contributed by atoms with Crippen LogP contribution >= 0.6 is 11.6 Å². The Morgan fingerprint density at radius 2 is 2.31 bits per heavy atom. The zero-order chi connectivity index (χ0) is 14.5. The number of ether oxygens (including phenoxy) is 1. The number of halogens is 1. The van der Waals surface area contributed by atoms with Gasteiger partial charge in [0.1, 0.15) is 6.61 Å². The van der Waals surface area contributed by atoms with Gasteiger partial charge in [-0.15, -0.1) is 0 Å². The fourth-order valence-electron chi connectivity index (χ4n) is 0.981. The second kappa shape index (κ2) is 5.97. The number of nitrogens with zero attached hydrogens (tertiary/aromatic N) is 1. The first kappa shape index (κ1) is 8.41. The lowest BCUT2D eigenvalue weighted by Crippen LogP contribution is -2.18. The summed E-state index contributed by atoms with van der Waals surface area (Å²) in [5, 5.41) is 12.9. The number of amides is 1. The van der Waals surface area contributed by atoms with Gasteiger partial charge in [0.15, 0.2) is 5.17 Å². The molecule has 0 aliphatic carbocycles. The van der Waals surface area contributed by atoms with Crippen LogP contribution < -0.4 is 5.32 Å². The van der Waals surface area contributed by atoms with Crippen LogP contribution in [-0.4, -0.2) is 23.4 Å². The second-order valence-electron chi connectivity index (χ2n) is 2.79. The van der Waals surface area contributed by atoms with Gasteiger partial charge in [-0.2, -0.15) is 0 Å². The molecule has 1 amide bonds. The first-order valence-corrected chi connectivity index (χ1v) is 4.61. The van der Waals surface area contributed by atoms with E-state index in [4.69, 9.17) is 25.7 Å². The van der Waals surface area contributed by atoms with Crippen molar-refractivity contribution in [3.05, 3.63) is 35.4 Å². The molecule has 16 heavy (non-hydrogen) atoms. The van der Waals surface area contributed by atoms with E-state index >= 15 is 0 Å². The molecule has 0 aromatic heterocycles. The smallest absolute Gasteiger partial charge is 0.407 e. The van der Waals surface area contributed by atoms with Crippen LogP contribution in [0.25, 0.3) is 0 Å². The van der Waals surface area contributed by atoms with E-state index in [1.807, 2.05) is 0 Å². The molecule has 0 spiro atoms. The summed E-state index contributed by atoms with van der Waals surface area (Å²) in [6, 6.07) is 6.35. The van der Waals surface area contributed by atoms with Gasteiger partial charge in [0.2, 0.25) is 0 Å². The Balaban J connectivity index is 2.53. The SMILES string of the molecule is [2H]C([2H])([2H])NC(=O)OCc1ccc(C(Cl)=NO)cc1. The summed E-state index contributed by atoms with van der Waals surface area (Å²) >= 11 is 5.59. The molecule has 1 aromatic carbocycles. The highest BCUT2D eigenvalue weighted by Gasteiger charge is 2.02. The molecule has 0 radical (unpaired) electrons. The molecular formula is C10H11ClN2O3. The number of nitrogens with one attached hydrogen (secondary N) is 1. The van der Waals surface area contributed by atoms with Crippen LogP contribution in [0.15, 0.2) is 29.4 Å². The highest BCUT2D eigenvalue weighted by Crippen LogP contribution is 2.08. The van der Waals surface area contributed by atoms with Crippen LogP contribution in [0.3, 0.4) is 0 Å². The molecule has 86 valence electrons. The summed E-state index contributed by atoms with van der Waals surface area (Å²) in [6.45, 7) is -2.66. The topological polar surface area (TPSA) is 70.9 Å². The zero-order valence-corrected chi connectivity index (χ0v) is 8.86. The predicted octanol–water partition coefficient (Wildman–Crippen LogP) is 1.92. The molecule has 0 aliphatic rings. The van der Waals surface area contributed by atoms with Crippen molar-refractivity contribution < 1.29 is 18.9 Å². The number of benzene rings is 1. The first-order chi connectivity index (χ1) is 8.81. The van der Waals surface area contributed by atoms with Crippen molar-refractivity contribution >= 4 is 22.9 Å². The zero-order valence-electron chi connectivity index (χ0n) is 11.1. The van der Waals surface area contributed by atoms with Gasteiger partial charge in [-0.1, -0.05) is 41.0 Å². The third-order valence-electron chi connectivity index (χ3n) is 1.75. The molecule has 0 saturated heterocycles. The van der Waals surface area contributed by atoms with Gasteiger partial charge in [-0.25, -0.2) is 4.79 Å². The largest absolute Gasteiger partial charge is 0.445 e. The molecule has 6 heteroatoms. The van der Waals surface area contributed by atoms with Crippen LogP contribution in [0.1, 0.15) is 15.2 Å². The molecule has 1 aromatic rings. The highest BCUT2D eigenvalue weighted by molar-refractivity contribution is 6.69. The van der Waals surface area contributed by atoms with Crippen molar-refractivity contribution in [2.45, 2.75) is 6.61 Å². The second-order valence-corrected chi connectivity index (χ2v) is 3.15. The summed E-state index contributed by atoms with van der Waals surface area (Å²) < 4.78 is 25.1. The van der Waals surface area contributed by atoms with E-state index in [0.29, 0.717) is 11.1 Å². The normalized spacial score (nSPS) is 14.6. The summed E-state index contributed by atoms with van der Waals surface area (Å²) in [6.07, 6.45) is -1.03. The van der Waals surface area contributed by atoms with Crippen molar-refractivity contribution in [3.63, 3.8) is 0 Å². The summed E-state index contributed by atoms with van der Waals surface area (Å²) in [7, 11) is 0. The molecule has 1 rings (SSSR count). The van der Waals surface area contributed by atoms with Crippen LogP contribution in [0.4, 0.5) is 4.79 Å². The third-order valence-corrected chi connectivity index (χ3v) is 2.05. The van der Waals surface area contributed by atoms with E-state index in [2.05, 4.69) is 5.16 Å². The molecule has 0 atom stereocenters. The average molecular weight is 246 g/mol. The number of alkyl carbamates (subject to hydrolysis) is 1. The fraction of sp³-hybridized carbons (Fsp3) is 0.200. The van der Waals surface area contributed by atoms with Crippen LogP contribution in [0.5, 0.6) is 0 Å². The molecule has 0 heterocycles. The lowest BCUT2D eigenvalue weighted by molar-refractivity contribution is 0.142. The Bertz CT molecular complexity index is 474. The number of carbonyl (C=O) groups is 1. The molecule has 2 N–H and O–H groups in total. The quantitative estimate of drug-likeness (QED) is 0.486. The van der Waals surface area contributed by atoms with Crippen LogP contribution in [0.2, 0.25) is 0 Å². The van der Waals surface area contributed by atoms with Gasteiger partial charge >= 0.3 is 6.09 Å². The Morgan fingerprint density at radius 1 is 1.62 bits per heavy atom. The van der Waals surface area contributed by atoms with E-state index < -0.39 is 13.1 Å². The maximum atomic E-state index is 11.1. The molecule has 0 aliphatic heterocycles. The molecule has 0 bridgehead atoms. The fourth-order valence-corrected chi connectivity index (χ4v) is 1.11. The third kappa shape index (κ3) is 3.43. The molecule has 0 fully saturated rings. The molecule has 5 nitrogen and oxygen atoms in total. The van der Waals surface area contributed by atoms with E-state index in [1.54, 1.807) is 29.6 Å². The Labute approximate surface area is 102 Å². The van der Waals surface area contributed by atoms with Gasteiger partial charge < -0.3 is 15.3 Å². The number of rotatable bonds is 3. The summed E-state index contributed by atoms with van der Waals surface area (Å²) in [4.78, 5) is 11.1. The predicted molar refractivity (Wildman–Crippen MR) is 59.9 cm³/mol. The monoisotopic (exact) mass is 245 g/mol. The van der Waals surface area contributed by atoms with Crippen molar-refractivity contribution in [2.24, 2.45) is 5.16 Å². The Hall–Kier alpha value is -1.75. The van der Waals surface area contributed by atoms with Crippen LogP contribution in [0, 0.1) is 0 Å². The van der Waals surface area contributed by atoms with Gasteiger partial charge in [0, 0.05) is 16.7 Å². The summed E-state index contributed by atoms with van der Waals surface area (Å²) in [5.41, 5.74) is 1.13. The summed E-state index contributed by atoms with van der Waals surface area (Å²) in [5.74, 6) is 0. The lowest BCUT2D eigenvalue weighted by atomic mass is 10.1. The minimum absolute atomic E-state index is 0.0624. The van der Waals surface area contributed by atoms with E-state index in [-0.39, 0.29) is 11.8 Å². The van der Waals surface area contributed by atoms with Crippen molar-refractivity contribution in [3.8, 4) is 0 Å². The van der Waals surface area contributed by atoms with Gasteiger partial charge in [-0.3, -0.25) is 0 Å². The standard InChI is InChI=1S/C10H11ClN2O3/c1-12-10(14)16-6-7-2-4-8(5-3-7)9(11)13-15/h2-5,15H,6H2,1H3,(H,12,14)/i1D3. The van der Waals surface area contributed by atoms with Crippen LogP contribution in [-0.2, 0) is 11.3 Å². The van der Waals surface area contributed by atoms with E-state index in [9.17, 15) is 4.79 Å². The average Bonchev–Trinajstić information content (AvgIpc) is 2.34. The number of carbonyl (C=O) groups excluding carboxylic acids is 1. The Morgan fingerprint density at radius 3 is 2.88 bits per heavy atom. The maximum absolute atomic E-state index is 11.1. The minimum atomic E-state index is -2.58. The number of hydrogen-bond acceptors (Lipinski definition) is 4.